The first-order chi connectivity index (χ1) is 18.6. The van der Waals surface area contributed by atoms with Crippen molar-refractivity contribution in [2.45, 2.75) is 5.16 Å². The van der Waals surface area contributed by atoms with Crippen LogP contribution < -0.4 is 5.43 Å². The number of benzene rings is 4. The topological polar surface area (TPSA) is 72.2 Å². The van der Waals surface area contributed by atoms with Gasteiger partial charge in [-0.15, -0.1) is 10.2 Å². The summed E-state index contributed by atoms with van der Waals surface area (Å²) >= 11 is 13.4. The van der Waals surface area contributed by atoms with Gasteiger partial charge in [-0.25, -0.2) is 5.43 Å². The van der Waals surface area contributed by atoms with E-state index in [1.54, 1.807) is 30.5 Å². The van der Waals surface area contributed by atoms with Crippen LogP contribution in [0.5, 0.6) is 0 Å². The van der Waals surface area contributed by atoms with E-state index in [9.17, 15) is 4.79 Å². The van der Waals surface area contributed by atoms with Crippen LogP contribution in [0.1, 0.15) is 5.56 Å². The average molecular weight is 558 g/mol. The lowest BCUT2D eigenvalue weighted by atomic mass is 10.0. The summed E-state index contributed by atoms with van der Waals surface area (Å²) in [5.74, 6) is 0.478. The molecule has 0 saturated heterocycles. The normalized spacial score (nSPS) is 11.1. The Labute approximate surface area is 234 Å². The van der Waals surface area contributed by atoms with Crippen molar-refractivity contribution >= 4 is 47.1 Å². The number of hydrogen-bond acceptors (Lipinski definition) is 5. The minimum absolute atomic E-state index is 0.108. The molecule has 1 aromatic heterocycles. The molecule has 6 nitrogen and oxygen atoms in total. The predicted molar refractivity (Wildman–Crippen MR) is 155 cm³/mol. The Morgan fingerprint density at radius 3 is 2.08 bits per heavy atom. The molecule has 4 aromatic carbocycles. The fraction of sp³-hybridized carbons (Fsp3) is 0.0345. The molecule has 0 aliphatic rings. The summed E-state index contributed by atoms with van der Waals surface area (Å²) in [5.41, 5.74) is 7.39. The van der Waals surface area contributed by atoms with E-state index in [-0.39, 0.29) is 11.7 Å². The van der Waals surface area contributed by atoms with E-state index in [0.29, 0.717) is 21.0 Å². The van der Waals surface area contributed by atoms with Gasteiger partial charge in [-0.2, -0.15) is 5.10 Å². The van der Waals surface area contributed by atoms with Crippen LogP contribution in [0.2, 0.25) is 10.0 Å². The van der Waals surface area contributed by atoms with Gasteiger partial charge in [-0.05, 0) is 65.2 Å². The van der Waals surface area contributed by atoms with Gasteiger partial charge in [0.15, 0.2) is 11.0 Å². The second-order valence-corrected chi connectivity index (χ2v) is 10.0. The predicted octanol–water partition coefficient (Wildman–Crippen LogP) is 7.15. The smallest absolute Gasteiger partial charge is 0.250 e. The minimum atomic E-state index is -0.258. The molecule has 5 aromatic rings. The maximum absolute atomic E-state index is 12.5. The summed E-state index contributed by atoms with van der Waals surface area (Å²) in [6, 6.07) is 32.8. The van der Waals surface area contributed by atoms with Crippen LogP contribution in [-0.2, 0) is 4.79 Å². The molecule has 1 heterocycles. The molecule has 1 N–H and O–H groups in total. The van der Waals surface area contributed by atoms with E-state index < -0.39 is 0 Å². The SMILES string of the molecule is O=C(CSc1nnc(-c2ccc(Cl)cc2)n1-c1ccc(Cl)cc1)N/N=C/c1ccc(-c2ccccc2)cc1. The fourth-order valence-electron chi connectivity index (χ4n) is 3.71. The van der Waals surface area contributed by atoms with Crippen molar-refractivity contribution < 1.29 is 4.79 Å². The van der Waals surface area contributed by atoms with Crippen LogP contribution >= 0.6 is 35.0 Å². The molecule has 0 saturated carbocycles. The largest absolute Gasteiger partial charge is 0.272 e. The van der Waals surface area contributed by atoms with Gasteiger partial charge in [0.2, 0.25) is 0 Å². The molecule has 0 unspecified atom stereocenters. The van der Waals surface area contributed by atoms with Crippen molar-refractivity contribution in [3.05, 3.63) is 119 Å². The van der Waals surface area contributed by atoms with Crippen LogP contribution in [0.15, 0.2) is 113 Å². The van der Waals surface area contributed by atoms with Crippen LogP contribution in [0.4, 0.5) is 0 Å². The molecule has 0 spiro atoms. The summed E-state index contributed by atoms with van der Waals surface area (Å²) in [6.45, 7) is 0. The van der Waals surface area contributed by atoms with E-state index in [1.807, 2.05) is 71.3 Å². The summed E-state index contributed by atoms with van der Waals surface area (Å²) < 4.78 is 1.88. The summed E-state index contributed by atoms with van der Waals surface area (Å²) in [6.07, 6.45) is 1.62. The highest BCUT2D eigenvalue weighted by Crippen LogP contribution is 2.29. The first-order valence-corrected chi connectivity index (χ1v) is 13.4. The molecule has 0 atom stereocenters. The first kappa shape index (κ1) is 25.7. The average Bonchev–Trinajstić information content (AvgIpc) is 3.37. The summed E-state index contributed by atoms with van der Waals surface area (Å²) in [7, 11) is 0. The third-order valence-electron chi connectivity index (χ3n) is 5.57. The monoisotopic (exact) mass is 557 g/mol. The number of carbonyl (C=O) groups is 1. The lowest BCUT2D eigenvalue weighted by Gasteiger charge is -2.10. The maximum Gasteiger partial charge on any atom is 0.250 e. The standard InChI is InChI=1S/C29H21Cl2N5OS/c30-24-12-10-23(11-13-24)28-34-35-29(36(28)26-16-14-25(31)15-17-26)38-19-27(37)33-32-18-20-6-8-22(9-7-20)21-4-2-1-3-5-21/h1-18H,19H2,(H,33,37)/b32-18+. The first-order valence-electron chi connectivity index (χ1n) is 11.6. The number of aromatic nitrogens is 3. The zero-order chi connectivity index (χ0) is 26.3. The number of rotatable bonds is 8. The van der Waals surface area contributed by atoms with Gasteiger partial charge in [-0.3, -0.25) is 9.36 Å². The van der Waals surface area contributed by atoms with Crippen LogP contribution in [-0.4, -0.2) is 32.6 Å². The lowest BCUT2D eigenvalue weighted by Crippen LogP contribution is -2.20. The van der Waals surface area contributed by atoms with Crippen molar-refractivity contribution in [3.8, 4) is 28.2 Å². The lowest BCUT2D eigenvalue weighted by molar-refractivity contribution is -0.118. The molecule has 188 valence electrons. The highest BCUT2D eigenvalue weighted by atomic mass is 35.5. The molecule has 5 rings (SSSR count). The van der Waals surface area contributed by atoms with Crippen LogP contribution in [0.3, 0.4) is 0 Å². The summed E-state index contributed by atoms with van der Waals surface area (Å²) in [5, 5.41) is 14.6. The number of nitrogens with zero attached hydrogens (tertiary/aromatic N) is 4. The molecular formula is C29H21Cl2N5OS. The second kappa shape index (κ2) is 12.1. The quantitative estimate of drug-likeness (QED) is 0.125. The fourth-order valence-corrected chi connectivity index (χ4v) is 4.70. The molecule has 0 fully saturated rings. The molecule has 38 heavy (non-hydrogen) atoms. The van der Waals surface area contributed by atoms with Crippen molar-refractivity contribution in [1.29, 1.82) is 0 Å². The van der Waals surface area contributed by atoms with E-state index in [2.05, 4.69) is 32.9 Å². The van der Waals surface area contributed by atoms with Gasteiger partial charge >= 0.3 is 0 Å². The van der Waals surface area contributed by atoms with Gasteiger partial charge in [0, 0.05) is 21.3 Å². The highest BCUT2D eigenvalue weighted by Gasteiger charge is 2.17. The van der Waals surface area contributed by atoms with Crippen LogP contribution in [0, 0.1) is 0 Å². The maximum atomic E-state index is 12.5. The van der Waals surface area contributed by atoms with Gasteiger partial charge < -0.3 is 0 Å². The molecular weight excluding hydrogens is 537 g/mol. The van der Waals surface area contributed by atoms with Crippen molar-refractivity contribution in [2.75, 3.05) is 5.75 Å². The number of nitrogens with one attached hydrogen (secondary N) is 1. The number of amides is 1. The Hall–Kier alpha value is -3.91. The highest BCUT2D eigenvalue weighted by molar-refractivity contribution is 7.99. The molecule has 9 heteroatoms. The number of hydrazone groups is 1. The Balaban J connectivity index is 1.25. The zero-order valence-electron chi connectivity index (χ0n) is 20.0. The Morgan fingerprint density at radius 2 is 1.39 bits per heavy atom. The Morgan fingerprint density at radius 1 is 0.789 bits per heavy atom. The molecule has 0 aliphatic heterocycles. The van der Waals surface area contributed by atoms with Crippen molar-refractivity contribution in [1.82, 2.24) is 20.2 Å². The number of halogens is 2. The Kier molecular flexibility index (Phi) is 8.19. The molecule has 0 bridgehead atoms. The van der Waals surface area contributed by atoms with E-state index >= 15 is 0 Å². The van der Waals surface area contributed by atoms with E-state index in [4.69, 9.17) is 23.2 Å². The van der Waals surface area contributed by atoms with Crippen molar-refractivity contribution in [3.63, 3.8) is 0 Å². The number of hydrogen-bond donors (Lipinski definition) is 1. The van der Waals surface area contributed by atoms with E-state index in [0.717, 1.165) is 27.9 Å². The third kappa shape index (κ3) is 6.31. The van der Waals surface area contributed by atoms with Crippen LogP contribution in [0.25, 0.3) is 28.2 Å². The van der Waals surface area contributed by atoms with Gasteiger partial charge in [0.25, 0.3) is 5.91 Å². The zero-order valence-corrected chi connectivity index (χ0v) is 22.3. The molecule has 1 amide bonds. The van der Waals surface area contributed by atoms with Crippen molar-refractivity contribution in [2.24, 2.45) is 5.10 Å². The van der Waals surface area contributed by atoms with Gasteiger partial charge in [0.1, 0.15) is 0 Å². The summed E-state index contributed by atoms with van der Waals surface area (Å²) in [4.78, 5) is 12.5. The van der Waals surface area contributed by atoms with E-state index in [1.165, 1.54) is 11.8 Å². The van der Waals surface area contributed by atoms with Gasteiger partial charge in [-0.1, -0.05) is 89.6 Å². The molecule has 0 radical (unpaired) electrons. The van der Waals surface area contributed by atoms with Gasteiger partial charge in [0.05, 0.1) is 12.0 Å². The minimum Gasteiger partial charge on any atom is -0.272 e. The molecule has 0 aliphatic carbocycles. The number of thioether (sulfide) groups is 1. The third-order valence-corrected chi connectivity index (χ3v) is 7.01. The second-order valence-electron chi connectivity index (χ2n) is 8.19. The number of carbonyl (C=O) groups excluding carboxylic acids is 1. The Bertz CT molecular complexity index is 1550.